The molecule has 0 saturated carbocycles. The van der Waals surface area contributed by atoms with E-state index in [4.69, 9.17) is 9.47 Å². The number of para-hydroxylation sites is 1. The lowest BCUT2D eigenvalue weighted by Crippen LogP contribution is -2.40. The Labute approximate surface area is 200 Å². The zero-order chi connectivity index (χ0) is 23.3. The van der Waals surface area contributed by atoms with Crippen molar-refractivity contribution in [2.45, 2.75) is 31.3 Å². The molecule has 2 aliphatic heterocycles. The summed E-state index contributed by atoms with van der Waals surface area (Å²) in [5, 5.41) is 13.3. The molecule has 2 heterocycles. The molecule has 176 valence electrons. The summed E-state index contributed by atoms with van der Waals surface area (Å²) in [7, 11) is 0. The molecule has 1 N–H and O–H groups in total. The lowest BCUT2D eigenvalue weighted by molar-refractivity contribution is -0.134. The van der Waals surface area contributed by atoms with Gasteiger partial charge in [0, 0.05) is 24.1 Å². The van der Waals surface area contributed by atoms with E-state index in [1.807, 2.05) is 30.3 Å². The number of fused-ring (bicyclic) bond motifs is 1. The fourth-order valence-corrected chi connectivity index (χ4v) is 5.07. The second-order valence-corrected chi connectivity index (χ2v) is 9.20. The number of nitrogens with zero attached hydrogens (tertiary/aromatic N) is 1. The number of ether oxygens (including phenoxy) is 2. The molecule has 5 heteroatoms. The van der Waals surface area contributed by atoms with E-state index in [0.29, 0.717) is 36.8 Å². The summed E-state index contributed by atoms with van der Waals surface area (Å²) < 4.78 is 11.0. The quantitative estimate of drug-likeness (QED) is 0.408. The van der Waals surface area contributed by atoms with Crippen molar-refractivity contribution in [1.82, 2.24) is 4.90 Å². The van der Waals surface area contributed by atoms with Crippen LogP contribution in [0.4, 0.5) is 0 Å². The fraction of sp³-hybridized carbons (Fsp3) is 0.345. The largest absolute Gasteiger partial charge is 0.490 e. The van der Waals surface area contributed by atoms with E-state index in [1.54, 1.807) is 0 Å². The fourth-order valence-electron chi connectivity index (χ4n) is 5.07. The molecule has 0 unspecified atom stereocenters. The normalized spacial score (nSPS) is 19.4. The molecule has 1 atom stereocenters. The Morgan fingerprint density at radius 2 is 1.79 bits per heavy atom. The summed E-state index contributed by atoms with van der Waals surface area (Å²) in [4.78, 5) is 14.1. The number of aliphatic hydroxyl groups excluding tert-OH is 1. The van der Waals surface area contributed by atoms with Crippen LogP contribution in [0.15, 0.2) is 72.3 Å². The lowest BCUT2D eigenvalue weighted by atomic mass is 9.86. The van der Waals surface area contributed by atoms with Gasteiger partial charge in [-0.15, -0.1) is 0 Å². The molecular formula is C29H31NO4. The number of hydrogen-bond acceptors (Lipinski definition) is 5. The van der Waals surface area contributed by atoms with Gasteiger partial charge >= 0.3 is 5.97 Å². The first-order valence-electron chi connectivity index (χ1n) is 12.1. The van der Waals surface area contributed by atoms with Crippen molar-refractivity contribution < 1.29 is 19.4 Å². The number of carbonyl (C=O) groups excluding carboxylic acids is 1. The van der Waals surface area contributed by atoms with Gasteiger partial charge in [-0.25, -0.2) is 4.79 Å². The third-order valence-electron chi connectivity index (χ3n) is 6.87. The summed E-state index contributed by atoms with van der Waals surface area (Å²) >= 11 is 0. The predicted octanol–water partition coefficient (Wildman–Crippen LogP) is 4.79. The molecule has 2 aliphatic rings. The minimum absolute atomic E-state index is 0.216. The molecule has 5 rings (SSSR count). The monoisotopic (exact) mass is 457 g/mol. The van der Waals surface area contributed by atoms with Gasteiger partial charge in [-0.2, -0.15) is 0 Å². The number of rotatable bonds is 7. The molecule has 0 radical (unpaired) electrons. The minimum Gasteiger partial charge on any atom is -0.490 e. The highest BCUT2D eigenvalue weighted by Gasteiger charge is 2.24. The number of esters is 1. The highest BCUT2D eigenvalue weighted by molar-refractivity contribution is 5.95. The van der Waals surface area contributed by atoms with E-state index in [1.165, 1.54) is 16.3 Å². The number of piperidine rings is 1. The third-order valence-corrected chi connectivity index (χ3v) is 6.87. The van der Waals surface area contributed by atoms with Crippen LogP contribution in [0.2, 0.25) is 0 Å². The van der Waals surface area contributed by atoms with Gasteiger partial charge in [-0.3, -0.25) is 0 Å². The highest BCUT2D eigenvalue weighted by atomic mass is 16.5. The summed E-state index contributed by atoms with van der Waals surface area (Å²) in [5.74, 6) is 0.961. The summed E-state index contributed by atoms with van der Waals surface area (Å²) in [5.41, 5.74) is 2.93. The van der Waals surface area contributed by atoms with Crippen molar-refractivity contribution in [3.63, 3.8) is 0 Å². The Balaban J connectivity index is 1.14. The second-order valence-electron chi connectivity index (χ2n) is 9.20. The number of likely N-dealkylation sites (tertiary alicyclic amines) is 1. The topological polar surface area (TPSA) is 59.0 Å². The van der Waals surface area contributed by atoms with Crippen molar-refractivity contribution in [3.8, 4) is 5.75 Å². The maximum absolute atomic E-state index is 11.8. The molecule has 0 amide bonds. The third kappa shape index (κ3) is 5.16. The Morgan fingerprint density at radius 3 is 2.62 bits per heavy atom. The first-order chi connectivity index (χ1) is 16.7. The molecule has 2 fully saturated rings. The van der Waals surface area contributed by atoms with Crippen LogP contribution < -0.4 is 4.74 Å². The minimum atomic E-state index is -0.578. The lowest BCUT2D eigenvalue weighted by Gasteiger charge is -2.33. The first kappa shape index (κ1) is 22.6. The smallest absolute Gasteiger partial charge is 0.334 e. The van der Waals surface area contributed by atoms with Crippen LogP contribution in [0.25, 0.3) is 16.8 Å². The van der Waals surface area contributed by atoms with Gasteiger partial charge in [0.1, 0.15) is 18.5 Å². The van der Waals surface area contributed by atoms with Crippen molar-refractivity contribution in [1.29, 1.82) is 0 Å². The van der Waals surface area contributed by atoms with Gasteiger partial charge in [0.2, 0.25) is 0 Å². The SMILES string of the molecule is O=C1OCCC1=Cc1ccccc1OC[C@@H](O)CN1CCC(c2cccc3ccccc23)CC1. The molecule has 3 aromatic rings. The number of β-amino-alcohol motifs (C(OH)–C–C–N with tert-alkyl or cyclic N) is 1. The number of aliphatic hydroxyl groups is 1. The number of carbonyl (C=O) groups is 1. The Kier molecular flexibility index (Phi) is 6.93. The average Bonchev–Trinajstić information content (AvgIpc) is 3.28. The number of benzene rings is 3. The molecular weight excluding hydrogens is 426 g/mol. The van der Waals surface area contributed by atoms with E-state index in [0.717, 1.165) is 31.5 Å². The van der Waals surface area contributed by atoms with Crippen molar-refractivity contribution in [2.24, 2.45) is 0 Å². The Hall–Kier alpha value is -3.15. The van der Waals surface area contributed by atoms with E-state index in [2.05, 4.69) is 47.4 Å². The van der Waals surface area contributed by atoms with Crippen molar-refractivity contribution in [2.75, 3.05) is 32.8 Å². The van der Waals surface area contributed by atoms with E-state index < -0.39 is 6.10 Å². The van der Waals surface area contributed by atoms with Crippen LogP contribution in [0.1, 0.15) is 36.3 Å². The van der Waals surface area contributed by atoms with Gasteiger partial charge in [-0.1, -0.05) is 60.7 Å². The predicted molar refractivity (Wildman–Crippen MR) is 134 cm³/mol. The molecule has 5 nitrogen and oxygen atoms in total. The van der Waals surface area contributed by atoms with Crippen LogP contribution in [-0.2, 0) is 9.53 Å². The molecule has 34 heavy (non-hydrogen) atoms. The van der Waals surface area contributed by atoms with Crippen LogP contribution in [0.5, 0.6) is 5.75 Å². The molecule has 0 aromatic heterocycles. The second kappa shape index (κ2) is 10.4. The number of hydrogen-bond donors (Lipinski definition) is 1. The van der Waals surface area contributed by atoms with Gasteiger partial charge < -0.3 is 19.5 Å². The summed E-state index contributed by atoms with van der Waals surface area (Å²) in [6, 6.07) is 22.8. The van der Waals surface area contributed by atoms with Gasteiger partial charge in [-0.05, 0) is 60.3 Å². The van der Waals surface area contributed by atoms with E-state index in [9.17, 15) is 9.90 Å². The maximum atomic E-state index is 11.8. The van der Waals surface area contributed by atoms with Crippen molar-refractivity contribution >= 4 is 22.8 Å². The van der Waals surface area contributed by atoms with Gasteiger partial charge in [0.15, 0.2) is 0 Å². The van der Waals surface area contributed by atoms with E-state index >= 15 is 0 Å². The molecule has 3 aromatic carbocycles. The molecule has 0 bridgehead atoms. The van der Waals surface area contributed by atoms with Gasteiger partial charge in [0.25, 0.3) is 0 Å². The summed E-state index contributed by atoms with van der Waals surface area (Å²) in [6.45, 7) is 3.18. The summed E-state index contributed by atoms with van der Waals surface area (Å²) in [6.07, 6.45) is 4.05. The van der Waals surface area contributed by atoms with Crippen LogP contribution >= 0.6 is 0 Å². The Bertz CT molecular complexity index is 1170. The molecule has 0 spiro atoms. The first-order valence-corrected chi connectivity index (χ1v) is 12.1. The van der Waals surface area contributed by atoms with Crippen molar-refractivity contribution in [3.05, 3.63) is 83.4 Å². The number of cyclic esters (lactones) is 1. The van der Waals surface area contributed by atoms with E-state index in [-0.39, 0.29) is 12.6 Å². The standard InChI is InChI=1S/C29H31NO4/c31-25(20-34-28-11-4-2-7-23(28)18-24-14-17-33-29(24)32)19-30-15-12-22(13-16-30)27-10-5-8-21-6-1-3-9-26(21)27/h1-11,18,22,25,31H,12-17,19-20H2/t25-/m0/s1. The van der Waals surface area contributed by atoms with Crippen LogP contribution in [0, 0.1) is 0 Å². The van der Waals surface area contributed by atoms with Gasteiger partial charge in [0.05, 0.1) is 6.61 Å². The zero-order valence-electron chi connectivity index (χ0n) is 19.4. The Morgan fingerprint density at radius 1 is 1.03 bits per heavy atom. The highest BCUT2D eigenvalue weighted by Crippen LogP contribution is 2.33. The maximum Gasteiger partial charge on any atom is 0.334 e. The average molecular weight is 458 g/mol. The molecule has 0 aliphatic carbocycles. The van der Waals surface area contributed by atoms with Crippen LogP contribution in [-0.4, -0.2) is 54.9 Å². The molecule has 2 saturated heterocycles. The zero-order valence-corrected chi connectivity index (χ0v) is 19.4. The van der Waals surface area contributed by atoms with Crippen LogP contribution in [0.3, 0.4) is 0 Å².